The fourth-order valence-electron chi connectivity index (χ4n) is 6.11. The minimum Gasteiger partial charge on any atom is -0.508 e. The molecule has 0 spiro atoms. The first-order valence-corrected chi connectivity index (χ1v) is 13.9. The van der Waals surface area contributed by atoms with E-state index in [0.717, 1.165) is 32.2 Å². The van der Waals surface area contributed by atoms with Gasteiger partial charge in [0.15, 0.2) is 5.82 Å². The zero-order valence-corrected chi connectivity index (χ0v) is 22.6. The second kappa shape index (κ2) is 9.79. The Bertz CT molecular complexity index is 1730. The molecule has 3 aliphatic rings. The van der Waals surface area contributed by atoms with Crippen LogP contribution in [0.5, 0.6) is 11.8 Å². The van der Waals surface area contributed by atoms with Gasteiger partial charge in [0.05, 0.1) is 23.1 Å². The number of nitrogens with zero attached hydrogens (tertiary/aromatic N) is 4. The van der Waals surface area contributed by atoms with Gasteiger partial charge < -0.3 is 24.8 Å². The van der Waals surface area contributed by atoms with E-state index in [1.54, 1.807) is 0 Å². The monoisotopic (exact) mass is 557 g/mol. The Hall–Kier alpha value is -4.07. The number of aromatic nitrogens is 3. The van der Waals surface area contributed by atoms with Crippen molar-refractivity contribution < 1.29 is 23.4 Å². The van der Waals surface area contributed by atoms with E-state index in [9.17, 15) is 9.50 Å². The highest BCUT2D eigenvalue weighted by atomic mass is 19.1. The third kappa shape index (κ3) is 4.49. The van der Waals surface area contributed by atoms with E-state index >= 15 is 4.39 Å². The summed E-state index contributed by atoms with van der Waals surface area (Å²) in [6.07, 6.45) is 11.0. The third-order valence-electron chi connectivity index (χ3n) is 8.32. The van der Waals surface area contributed by atoms with E-state index in [1.807, 2.05) is 0 Å². The summed E-state index contributed by atoms with van der Waals surface area (Å²) in [7, 11) is 0. The second-order valence-electron chi connectivity index (χ2n) is 11.3. The number of pyridine rings is 1. The van der Waals surface area contributed by atoms with Gasteiger partial charge in [-0.1, -0.05) is 12.0 Å². The summed E-state index contributed by atoms with van der Waals surface area (Å²) in [5, 5.41) is 15.1. The Morgan fingerprint density at radius 2 is 2.15 bits per heavy atom. The summed E-state index contributed by atoms with van der Waals surface area (Å²) in [5.74, 6) is 1.43. The maximum absolute atomic E-state index is 16.6. The number of halogens is 2. The van der Waals surface area contributed by atoms with Crippen molar-refractivity contribution >= 4 is 27.5 Å². The van der Waals surface area contributed by atoms with Crippen molar-refractivity contribution in [3.8, 4) is 35.4 Å². The molecule has 0 bridgehead atoms. The van der Waals surface area contributed by atoms with Crippen LogP contribution in [-0.2, 0) is 4.74 Å². The van der Waals surface area contributed by atoms with Crippen LogP contribution >= 0.6 is 0 Å². The lowest BCUT2D eigenvalue weighted by molar-refractivity contribution is 0.124. The molecule has 8 nitrogen and oxygen atoms in total. The van der Waals surface area contributed by atoms with Gasteiger partial charge in [-0.2, -0.15) is 9.97 Å². The lowest BCUT2D eigenvalue weighted by Gasteiger charge is -2.26. The first-order chi connectivity index (χ1) is 19.8. The number of aromatic hydroxyl groups is 1. The Balaban J connectivity index is 1.41. The second-order valence-corrected chi connectivity index (χ2v) is 11.3. The van der Waals surface area contributed by atoms with Crippen LogP contribution in [-0.4, -0.2) is 64.0 Å². The molecular weight excluding hydrogens is 528 g/mol. The molecular formula is C31H29F2N5O3. The molecule has 2 aliphatic heterocycles. The Kier molecular flexibility index (Phi) is 6.17. The number of benzene rings is 2. The Morgan fingerprint density at radius 3 is 2.95 bits per heavy atom. The number of phenols is 1. The summed E-state index contributed by atoms with van der Waals surface area (Å²) < 4.78 is 43.3. The largest absolute Gasteiger partial charge is 0.508 e. The molecule has 2 aromatic heterocycles. The molecule has 1 saturated carbocycles. The van der Waals surface area contributed by atoms with Gasteiger partial charge in [0.1, 0.15) is 35.2 Å². The molecule has 1 aliphatic carbocycles. The Labute approximate surface area is 235 Å². The minimum atomic E-state index is -0.737. The number of nitrogens with one attached hydrogen (secondary N) is 1. The van der Waals surface area contributed by atoms with Gasteiger partial charge in [-0.25, -0.2) is 8.78 Å². The van der Waals surface area contributed by atoms with E-state index in [0.29, 0.717) is 36.3 Å². The molecule has 4 heterocycles. The number of rotatable bonds is 5. The van der Waals surface area contributed by atoms with E-state index in [2.05, 4.69) is 33.0 Å². The lowest BCUT2D eigenvalue weighted by atomic mass is 9.96. The third-order valence-corrected chi connectivity index (χ3v) is 8.32. The van der Waals surface area contributed by atoms with Crippen molar-refractivity contribution in [1.29, 1.82) is 0 Å². The van der Waals surface area contributed by atoms with Crippen molar-refractivity contribution in [2.75, 3.05) is 31.2 Å². The van der Waals surface area contributed by atoms with Crippen molar-refractivity contribution in [3.05, 3.63) is 47.7 Å². The van der Waals surface area contributed by atoms with Crippen LogP contribution in [0.1, 0.15) is 38.2 Å². The molecule has 2 N–H and O–H groups in total. The smallest absolute Gasteiger partial charge is 0.319 e. The predicted octanol–water partition coefficient (Wildman–Crippen LogP) is 4.70. The minimum absolute atomic E-state index is 0.0250. The number of terminal acetylenes is 1. The predicted molar refractivity (Wildman–Crippen MR) is 151 cm³/mol. The summed E-state index contributed by atoms with van der Waals surface area (Å²) in [6, 6.07) is 5.71. The first-order valence-electron chi connectivity index (χ1n) is 13.9. The fourth-order valence-corrected chi connectivity index (χ4v) is 6.11. The molecule has 10 heteroatoms. The summed E-state index contributed by atoms with van der Waals surface area (Å²) in [5.41, 5.74) is -0.175. The van der Waals surface area contributed by atoms with Gasteiger partial charge in [0.2, 0.25) is 0 Å². The van der Waals surface area contributed by atoms with E-state index < -0.39 is 11.6 Å². The molecule has 3 fully saturated rings. The summed E-state index contributed by atoms with van der Waals surface area (Å²) in [6.45, 7) is 4.67. The van der Waals surface area contributed by atoms with Crippen LogP contribution in [0, 0.1) is 24.0 Å². The van der Waals surface area contributed by atoms with E-state index in [4.69, 9.17) is 20.9 Å². The molecule has 0 radical (unpaired) electrons. The van der Waals surface area contributed by atoms with Crippen LogP contribution in [0.15, 0.2) is 30.5 Å². The summed E-state index contributed by atoms with van der Waals surface area (Å²) >= 11 is 0. The molecule has 3 atom stereocenters. The topological polar surface area (TPSA) is 92.6 Å². The van der Waals surface area contributed by atoms with Crippen LogP contribution in [0.2, 0.25) is 0 Å². The average Bonchev–Trinajstić information content (AvgIpc) is 3.64. The standard InChI is InChI=1S/C31H29F2N5O3/c1-3-19-22(32)7-6-17-12-18(39)13-20(25(17)19)27-26(33)28-21(15-34-27)29(38-10-5-11-40-24-14-23(24)38)37-30(36-28)41-16-31(2)8-4-9-35-31/h1,6-7,12-13,15,23-24,35,39H,4-5,8-11,14,16H2,2H3/t23-,24+,31-/m1/s1. The highest BCUT2D eigenvalue weighted by Crippen LogP contribution is 2.42. The average molecular weight is 558 g/mol. The molecule has 0 unspecified atom stereocenters. The molecule has 41 heavy (non-hydrogen) atoms. The van der Waals surface area contributed by atoms with Crippen LogP contribution in [0.25, 0.3) is 32.9 Å². The number of hydrogen-bond acceptors (Lipinski definition) is 8. The highest BCUT2D eigenvalue weighted by Gasteiger charge is 2.45. The lowest BCUT2D eigenvalue weighted by Crippen LogP contribution is -2.42. The normalized spacial score (nSPS) is 23.8. The number of ether oxygens (including phenoxy) is 2. The van der Waals surface area contributed by atoms with Gasteiger partial charge in [0, 0.05) is 35.8 Å². The zero-order chi connectivity index (χ0) is 28.3. The van der Waals surface area contributed by atoms with Crippen LogP contribution in [0.3, 0.4) is 0 Å². The fraction of sp³-hybridized carbons (Fsp3) is 0.387. The molecule has 2 saturated heterocycles. The molecule has 7 rings (SSSR count). The van der Waals surface area contributed by atoms with Gasteiger partial charge in [-0.3, -0.25) is 4.98 Å². The molecule has 4 aromatic rings. The molecule has 210 valence electrons. The van der Waals surface area contributed by atoms with Gasteiger partial charge in [0.25, 0.3) is 0 Å². The first kappa shape index (κ1) is 25.9. The molecule has 0 amide bonds. The summed E-state index contributed by atoms with van der Waals surface area (Å²) in [4.78, 5) is 15.9. The van der Waals surface area contributed by atoms with Crippen molar-refractivity contribution in [1.82, 2.24) is 20.3 Å². The number of anilines is 1. The number of phenolic OH excluding ortho intramolecular Hbond substituents is 1. The van der Waals surface area contributed by atoms with E-state index in [1.165, 1.54) is 30.5 Å². The van der Waals surface area contributed by atoms with Gasteiger partial charge in [-0.15, -0.1) is 6.42 Å². The number of hydrogen-bond donors (Lipinski definition) is 2. The van der Waals surface area contributed by atoms with E-state index in [-0.39, 0.29) is 57.2 Å². The SMILES string of the molecule is C#Cc1c(F)ccc2cc(O)cc(-c3ncc4c(N5CCCO[C@H]6C[C@H]65)nc(OC[C@@]5(C)CCCN5)nc4c3F)c12. The highest BCUT2D eigenvalue weighted by molar-refractivity contribution is 6.03. The maximum Gasteiger partial charge on any atom is 0.319 e. The quantitative estimate of drug-likeness (QED) is 0.342. The van der Waals surface area contributed by atoms with Gasteiger partial charge >= 0.3 is 6.01 Å². The van der Waals surface area contributed by atoms with Crippen molar-refractivity contribution in [2.45, 2.75) is 50.3 Å². The van der Waals surface area contributed by atoms with Crippen LogP contribution < -0.4 is 15.0 Å². The van der Waals surface area contributed by atoms with Crippen LogP contribution in [0.4, 0.5) is 14.6 Å². The maximum atomic E-state index is 16.6. The van der Waals surface area contributed by atoms with Crippen molar-refractivity contribution in [3.63, 3.8) is 0 Å². The van der Waals surface area contributed by atoms with Crippen molar-refractivity contribution in [2.24, 2.45) is 0 Å². The zero-order valence-electron chi connectivity index (χ0n) is 22.6. The Morgan fingerprint density at radius 1 is 1.27 bits per heavy atom. The number of fused-ring (bicyclic) bond motifs is 3. The molecule has 2 aromatic carbocycles. The van der Waals surface area contributed by atoms with Gasteiger partial charge in [-0.05, 0) is 62.7 Å².